The lowest BCUT2D eigenvalue weighted by Crippen LogP contribution is -2.32. The summed E-state index contributed by atoms with van der Waals surface area (Å²) in [7, 11) is 1.66. The molecule has 5 rings (SSSR count). The molecule has 1 aliphatic heterocycles. The molecule has 0 radical (unpaired) electrons. The van der Waals surface area contributed by atoms with Crippen LogP contribution in [0.4, 0.5) is 0 Å². The summed E-state index contributed by atoms with van der Waals surface area (Å²) in [6.07, 6.45) is 3.78. The number of hydrogen-bond donors (Lipinski definition) is 0. The van der Waals surface area contributed by atoms with Crippen LogP contribution in [0.2, 0.25) is 5.02 Å². The third-order valence-corrected chi connectivity index (χ3v) is 6.11. The topological polar surface area (TPSA) is 51.9 Å². The number of methoxy groups -OCH3 is 1. The highest BCUT2D eigenvalue weighted by Crippen LogP contribution is 2.41. The van der Waals surface area contributed by atoms with Gasteiger partial charge in [-0.2, -0.15) is 0 Å². The minimum Gasteiger partial charge on any atom is -0.497 e. The van der Waals surface area contributed by atoms with E-state index >= 15 is 0 Å². The van der Waals surface area contributed by atoms with Gasteiger partial charge in [0.2, 0.25) is 0 Å². The number of fused-ring (bicyclic) bond motifs is 5. The maximum absolute atomic E-state index is 12.6. The molecule has 0 N–H and O–H groups in total. The molecular weight excluding hydrogens is 390 g/mol. The SMILES string of the molecule is COc1cccc(CN2COc3c(Cl)cc4c5c(c(=O)oc4c3C2)CCCC5)c1. The number of ether oxygens (including phenoxy) is 2. The molecule has 0 spiro atoms. The second kappa shape index (κ2) is 7.39. The van der Waals surface area contributed by atoms with Crippen molar-refractivity contribution in [1.29, 1.82) is 0 Å². The van der Waals surface area contributed by atoms with Crippen molar-refractivity contribution < 1.29 is 13.9 Å². The van der Waals surface area contributed by atoms with Crippen LogP contribution < -0.4 is 15.1 Å². The maximum Gasteiger partial charge on any atom is 0.339 e. The molecule has 0 saturated carbocycles. The molecule has 150 valence electrons. The molecule has 0 amide bonds. The highest BCUT2D eigenvalue weighted by Gasteiger charge is 2.27. The second-order valence-electron chi connectivity index (χ2n) is 7.71. The molecule has 5 nitrogen and oxygen atoms in total. The van der Waals surface area contributed by atoms with Crippen LogP contribution in [0.25, 0.3) is 11.0 Å². The summed E-state index contributed by atoms with van der Waals surface area (Å²) in [4.78, 5) is 14.8. The Hall–Kier alpha value is -2.50. The molecule has 0 unspecified atom stereocenters. The third-order valence-electron chi connectivity index (χ3n) is 5.83. The summed E-state index contributed by atoms with van der Waals surface area (Å²) in [6.45, 7) is 1.72. The maximum atomic E-state index is 12.6. The molecule has 29 heavy (non-hydrogen) atoms. The molecular formula is C23H22ClNO4. The Balaban J connectivity index is 1.56. The highest BCUT2D eigenvalue weighted by molar-refractivity contribution is 6.33. The monoisotopic (exact) mass is 411 g/mol. The van der Waals surface area contributed by atoms with Gasteiger partial charge in [-0.3, -0.25) is 4.90 Å². The standard InChI is InChI=1S/C23H22ClNO4/c1-27-15-6-4-5-14(9-15)11-25-12-19-21-18(10-20(24)22(19)28-13-25)16-7-2-3-8-17(16)23(26)29-21/h4-6,9-10H,2-3,7-8,11-13H2,1H3. The molecule has 2 aromatic carbocycles. The zero-order valence-corrected chi connectivity index (χ0v) is 17.1. The third kappa shape index (κ3) is 3.28. The van der Waals surface area contributed by atoms with Gasteiger partial charge in [-0.25, -0.2) is 4.79 Å². The van der Waals surface area contributed by atoms with Crippen molar-refractivity contribution in [3.8, 4) is 11.5 Å². The van der Waals surface area contributed by atoms with E-state index in [1.165, 1.54) is 0 Å². The molecule has 6 heteroatoms. The quantitative estimate of drug-likeness (QED) is 0.585. The van der Waals surface area contributed by atoms with Gasteiger partial charge in [-0.1, -0.05) is 23.7 Å². The molecule has 0 bridgehead atoms. The van der Waals surface area contributed by atoms with Crippen LogP contribution in [-0.2, 0) is 25.9 Å². The summed E-state index contributed by atoms with van der Waals surface area (Å²) in [6, 6.07) is 9.88. The zero-order valence-electron chi connectivity index (χ0n) is 16.3. The highest BCUT2D eigenvalue weighted by atomic mass is 35.5. The lowest BCUT2D eigenvalue weighted by atomic mass is 9.90. The molecule has 0 atom stereocenters. The molecule has 2 heterocycles. The number of hydrogen-bond acceptors (Lipinski definition) is 5. The van der Waals surface area contributed by atoms with Crippen molar-refractivity contribution in [3.63, 3.8) is 0 Å². The largest absolute Gasteiger partial charge is 0.497 e. The minimum absolute atomic E-state index is 0.221. The van der Waals surface area contributed by atoms with Gasteiger partial charge in [0.25, 0.3) is 0 Å². The Morgan fingerprint density at radius 2 is 1.97 bits per heavy atom. The molecule has 0 saturated heterocycles. The van der Waals surface area contributed by atoms with E-state index in [0.717, 1.165) is 59.1 Å². The van der Waals surface area contributed by atoms with Gasteiger partial charge < -0.3 is 13.9 Å². The van der Waals surface area contributed by atoms with Crippen molar-refractivity contribution >= 4 is 22.6 Å². The minimum atomic E-state index is -0.221. The van der Waals surface area contributed by atoms with Gasteiger partial charge in [0, 0.05) is 24.0 Å². The lowest BCUT2D eigenvalue weighted by Gasteiger charge is -2.30. The van der Waals surface area contributed by atoms with Gasteiger partial charge in [0.05, 0.1) is 17.7 Å². The average Bonchev–Trinajstić information content (AvgIpc) is 2.75. The molecule has 0 fully saturated rings. The van der Waals surface area contributed by atoms with Crippen LogP contribution in [0, 0.1) is 0 Å². The fourth-order valence-electron chi connectivity index (χ4n) is 4.45. The summed E-state index contributed by atoms with van der Waals surface area (Å²) in [5, 5.41) is 1.53. The van der Waals surface area contributed by atoms with Crippen molar-refractivity contribution in [2.75, 3.05) is 13.8 Å². The van der Waals surface area contributed by atoms with Gasteiger partial charge in [0.15, 0.2) is 0 Å². The van der Waals surface area contributed by atoms with Crippen LogP contribution in [0.15, 0.2) is 39.5 Å². The van der Waals surface area contributed by atoms with E-state index in [1.807, 2.05) is 24.3 Å². The number of nitrogens with zero attached hydrogens (tertiary/aromatic N) is 1. The molecule has 2 aliphatic rings. The first-order valence-electron chi connectivity index (χ1n) is 9.92. The van der Waals surface area contributed by atoms with E-state index in [4.69, 9.17) is 25.5 Å². The summed E-state index contributed by atoms with van der Waals surface area (Å²) < 4.78 is 17.1. The molecule has 3 aromatic rings. The van der Waals surface area contributed by atoms with E-state index in [1.54, 1.807) is 7.11 Å². The first kappa shape index (κ1) is 18.5. The van der Waals surface area contributed by atoms with Gasteiger partial charge >= 0.3 is 5.63 Å². The number of rotatable bonds is 3. The van der Waals surface area contributed by atoms with Crippen LogP contribution >= 0.6 is 11.6 Å². The van der Waals surface area contributed by atoms with Gasteiger partial charge in [-0.15, -0.1) is 0 Å². The Kier molecular flexibility index (Phi) is 4.72. The zero-order chi connectivity index (χ0) is 20.0. The van der Waals surface area contributed by atoms with Crippen LogP contribution in [0.1, 0.15) is 35.1 Å². The molecule has 1 aromatic heterocycles. The van der Waals surface area contributed by atoms with Crippen molar-refractivity contribution in [2.24, 2.45) is 0 Å². The normalized spacial score (nSPS) is 16.2. The van der Waals surface area contributed by atoms with Gasteiger partial charge in [-0.05, 0) is 55.0 Å². The first-order chi connectivity index (χ1) is 14.1. The Bertz CT molecular complexity index is 1150. The van der Waals surface area contributed by atoms with Crippen LogP contribution in [0.5, 0.6) is 11.5 Å². The predicted octanol–water partition coefficient (Wildman–Crippen LogP) is 4.69. The number of aryl methyl sites for hydroxylation is 1. The van der Waals surface area contributed by atoms with E-state index in [-0.39, 0.29) is 5.63 Å². The van der Waals surface area contributed by atoms with Gasteiger partial charge in [0.1, 0.15) is 23.8 Å². The lowest BCUT2D eigenvalue weighted by molar-refractivity contribution is 0.0890. The van der Waals surface area contributed by atoms with E-state index in [2.05, 4.69) is 11.0 Å². The Labute approximate surface area is 173 Å². The first-order valence-corrected chi connectivity index (χ1v) is 10.3. The summed E-state index contributed by atoms with van der Waals surface area (Å²) >= 11 is 6.57. The smallest absolute Gasteiger partial charge is 0.339 e. The fraction of sp³-hybridized carbons (Fsp3) is 0.348. The summed E-state index contributed by atoms with van der Waals surface area (Å²) in [5.74, 6) is 1.45. The van der Waals surface area contributed by atoms with E-state index in [9.17, 15) is 4.79 Å². The van der Waals surface area contributed by atoms with Crippen LogP contribution in [0.3, 0.4) is 0 Å². The number of halogens is 1. The van der Waals surface area contributed by atoms with Crippen LogP contribution in [-0.4, -0.2) is 18.7 Å². The Morgan fingerprint density at radius 3 is 2.79 bits per heavy atom. The predicted molar refractivity (Wildman–Crippen MR) is 112 cm³/mol. The summed E-state index contributed by atoms with van der Waals surface area (Å²) in [5.41, 5.74) is 4.28. The van der Waals surface area contributed by atoms with Crippen molar-refractivity contribution in [3.05, 3.63) is 68.0 Å². The number of benzene rings is 2. The molecule has 1 aliphatic carbocycles. The fourth-order valence-corrected chi connectivity index (χ4v) is 4.72. The van der Waals surface area contributed by atoms with E-state index in [0.29, 0.717) is 36.2 Å². The van der Waals surface area contributed by atoms with Crippen molar-refractivity contribution in [1.82, 2.24) is 4.90 Å². The second-order valence-corrected chi connectivity index (χ2v) is 8.12. The average molecular weight is 412 g/mol. The van der Waals surface area contributed by atoms with E-state index < -0.39 is 0 Å². The Morgan fingerprint density at radius 1 is 1.14 bits per heavy atom. The van der Waals surface area contributed by atoms with Crippen molar-refractivity contribution in [2.45, 2.75) is 38.8 Å².